The normalized spacial score (nSPS) is 17.6. The second kappa shape index (κ2) is 7.39. The summed E-state index contributed by atoms with van der Waals surface area (Å²) >= 11 is 1.88. The molecule has 21 heavy (non-hydrogen) atoms. The highest BCUT2D eigenvalue weighted by Crippen LogP contribution is 2.28. The minimum Gasteiger partial charge on any atom is -0.316 e. The van der Waals surface area contributed by atoms with Crippen molar-refractivity contribution in [1.82, 2.24) is 10.2 Å². The Balaban J connectivity index is 1.51. The van der Waals surface area contributed by atoms with Crippen LogP contribution >= 0.6 is 11.3 Å². The second-order valence-corrected chi connectivity index (χ2v) is 7.09. The summed E-state index contributed by atoms with van der Waals surface area (Å²) < 4.78 is 1.42. The molecule has 2 nitrogen and oxygen atoms in total. The highest BCUT2D eigenvalue weighted by atomic mass is 32.1. The summed E-state index contributed by atoms with van der Waals surface area (Å²) in [7, 11) is 0. The maximum Gasteiger partial charge on any atom is 0.0346 e. The van der Waals surface area contributed by atoms with Crippen LogP contribution in [0.3, 0.4) is 0 Å². The maximum absolute atomic E-state index is 3.57. The number of rotatable bonds is 6. The minimum absolute atomic E-state index is 0.881. The van der Waals surface area contributed by atoms with E-state index in [1.807, 2.05) is 11.3 Å². The van der Waals surface area contributed by atoms with Crippen LogP contribution in [0.25, 0.3) is 10.1 Å². The van der Waals surface area contributed by atoms with Crippen LogP contribution < -0.4 is 5.32 Å². The van der Waals surface area contributed by atoms with Crippen molar-refractivity contribution in [2.24, 2.45) is 5.92 Å². The van der Waals surface area contributed by atoms with Gasteiger partial charge in [0.25, 0.3) is 0 Å². The summed E-state index contributed by atoms with van der Waals surface area (Å²) in [5.41, 5.74) is 1.51. The lowest BCUT2D eigenvalue weighted by molar-refractivity contribution is 0.176. The standard InChI is InChI=1S/C18H26N2S/c1-2-9-19-12-15-7-10-20(11-8-15)13-16-14-21-18-6-4-3-5-17(16)18/h3-6,14-15,19H,2,7-13H2,1H3. The van der Waals surface area contributed by atoms with E-state index in [4.69, 9.17) is 0 Å². The molecule has 1 aliphatic rings. The van der Waals surface area contributed by atoms with Gasteiger partial charge in [0.2, 0.25) is 0 Å². The SMILES string of the molecule is CCCNCC1CCN(Cc2csc3ccccc23)CC1. The van der Waals surface area contributed by atoms with E-state index in [-0.39, 0.29) is 0 Å². The van der Waals surface area contributed by atoms with Crippen molar-refractivity contribution in [3.05, 3.63) is 35.2 Å². The van der Waals surface area contributed by atoms with Crippen molar-refractivity contribution >= 4 is 21.4 Å². The first-order chi connectivity index (χ1) is 10.4. The smallest absolute Gasteiger partial charge is 0.0346 e. The molecule has 114 valence electrons. The first kappa shape index (κ1) is 15.0. The summed E-state index contributed by atoms with van der Waals surface area (Å²) in [4.78, 5) is 2.63. The number of hydrogen-bond acceptors (Lipinski definition) is 3. The third kappa shape index (κ3) is 3.85. The number of benzene rings is 1. The Bertz CT molecular complexity index is 555. The van der Waals surface area contributed by atoms with Crippen molar-refractivity contribution in [2.75, 3.05) is 26.2 Å². The molecular formula is C18H26N2S. The van der Waals surface area contributed by atoms with Gasteiger partial charge in [-0.1, -0.05) is 25.1 Å². The Morgan fingerprint density at radius 2 is 2.05 bits per heavy atom. The van der Waals surface area contributed by atoms with Crippen LogP contribution in [0.15, 0.2) is 29.6 Å². The Morgan fingerprint density at radius 3 is 2.86 bits per heavy atom. The van der Waals surface area contributed by atoms with E-state index in [1.54, 1.807) is 0 Å². The molecule has 0 unspecified atom stereocenters. The van der Waals surface area contributed by atoms with E-state index >= 15 is 0 Å². The molecule has 0 aliphatic carbocycles. The van der Waals surface area contributed by atoms with Crippen molar-refractivity contribution in [1.29, 1.82) is 0 Å². The van der Waals surface area contributed by atoms with Crippen molar-refractivity contribution in [2.45, 2.75) is 32.7 Å². The van der Waals surface area contributed by atoms with Gasteiger partial charge in [0.05, 0.1) is 0 Å². The van der Waals surface area contributed by atoms with Crippen LogP contribution in [0.1, 0.15) is 31.7 Å². The Hall–Kier alpha value is -0.900. The molecule has 0 atom stereocenters. The van der Waals surface area contributed by atoms with E-state index in [0.717, 1.165) is 12.5 Å². The molecule has 3 heteroatoms. The van der Waals surface area contributed by atoms with Crippen LogP contribution in [-0.4, -0.2) is 31.1 Å². The highest BCUT2D eigenvalue weighted by Gasteiger charge is 2.19. The molecule has 1 aromatic carbocycles. The summed E-state index contributed by atoms with van der Waals surface area (Å²) in [5.74, 6) is 0.881. The summed E-state index contributed by atoms with van der Waals surface area (Å²) in [5, 5.41) is 7.37. The number of hydrogen-bond donors (Lipinski definition) is 1. The summed E-state index contributed by atoms with van der Waals surface area (Å²) in [6.07, 6.45) is 3.93. The van der Waals surface area contributed by atoms with Gasteiger partial charge in [-0.25, -0.2) is 0 Å². The second-order valence-electron chi connectivity index (χ2n) is 6.18. The molecule has 1 aromatic heterocycles. The van der Waals surface area contributed by atoms with Gasteiger partial charge in [0.1, 0.15) is 0 Å². The molecule has 2 aromatic rings. The largest absolute Gasteiger partial charge is 0.316 e. The first-order valence-electron chi connectivity index (χ1n) is 8.25. The fourth-order valence-corrected chi connectivity index (χ4v) is 4.18. The minimum atomic E-state index is 0.881. The monoisotopic (exact) mass is 302 g/mol. The van der Waals surface area contributed by atoms with Gasteiger partial charge >= 0.3 is 0 Å². The number of fused-ring (bicyclic) bond motifs is 1. The van der Waals surface area contributed by atoms with E-state index in [1.165, 1.54) is 61.1 Å². The Labute approximate surface area is 132 Å². The van der Waals surface area contributed by atoms with Gasteiger partial charge in [0, 0.05) is 11.2 Å². The van der Waals surface area contributed by atoms with Crippen LogP contribution in [0.5, 0.6) is 0 Å². The molecular weight excluding hydrogens is 276 g/mol. The zero-order valence-corrected chi connectivity index (χ0v) is 13.8. The predicted molar refractivity (Wildman–Crippen MR) is 93.0 cm³/mol. The number of nitrogens with one attached hydrogen (secondary N) is 1. The van der Waals surface area contributed by atoms with Gasteiger partial charge in [-0.2, -0.15) is 0 Å². The number of likely N-dealkylation sites (tertiary alicyclic amines) is 1. The average Bonchev–Trinajstić information content (AvgIpc) is 2.93. The van der Waals surface area contributed by atoms with Crippen LogP contribution in [-0.2, 0) is 6.54 Å². The van der Waals surface area contributed by atoms with Gasteiger partial charge in [-0.15, -0.1) is 11.3 Å². The molecule has 0 amide bonds. The number of thiophene rings is 1. The first-order valence-corrected chi connectivity index (χ1v) is 9.13. The van der Waals surface area contributed by atoms with Gasteiger partial charge in [-0.3, -0.25) is 4.90 Å². The van der Waals surface area contributed by atoms with E-state index in [0.29, 0.717) is 0 Å². The van der Waals surface area contributed by atoms with Crippen molar-refractivity contribution in [3.63, 3.8) is 0 Å². The predicted octanol–water partition coefficient (Wildman–Crippen LogP) is 4.11. The third-order valence-corrected chi connectivity index (χ3v) is 5.53. The molecule has 3 rings (SSSR count). The van der Waals surface area contributed by atoms with E-state index in [2.05, 4.69) is 46.8 Å². The van der Waals surface area contributed by atoms with E-state index < -0.39 is 0 Å². The topological polar surface area (TPSA) is 15.3 Å². The highest BCUT2D eigenvalue weighted by molar-refractivity contribution is 7.17. The van der Waals surface area contributed by atoms with Crippen LogP contribution in [0.4, 0.5) is 0 Å². The lowest BCUT2D eigenvalue weighted by Crippen LogP contribution is -2.37. The molecule has 1 N–H and O–H groups in total. The molecule has 1 fully saturated rings. The maximum atomic E-state index is 3.57. The van der Waals surface area contributed by atoms with Crippen LogP contribution in [0.2, 0.25) is 0 Å². The zero-order chi connectivity index (χ0) is 14.5. The van der Waals surface area contributed by atoms with Gasteiger partial charge < -0.3 is 5.32 Å². The average molecular weight is 302 g/mol. The molecule has 0 bridgehead atoms. The molecule has 1 saturated heterocycles. The quantitative estimate of drug-likeness (QED) is 0.808. The summed E-state index contributed by atoms with van der Waals surface area (Å²) in [6.45, 7) is 8.25. The van der Waals surface area contributed by atoms with Crippen molar-refractivity contribution < 1.29 is 0 Å². The Morgan fingerprint density at radius 1 is 1.24 bits per heavy atom. The Kier molecular flexibility index (Phi) is 5.28. The third-order valence-electron chi connectivity index (χ3n) is 4.52. The molecule has 2 heterocycles. The molecule has 0 saturated carbocycles. The lowest BCUT2D eigenvalue weighted by atomic mass is 9.96. The van der Waals surface area contributed by atoms with Gasteiger partial charge in [-0.05, 0) is 73.8 Å². The molecule has 0 radical (unpaired) electrons. The lowest BCUT2D eigenvalue weighted by Gasteiger charge is -2.32. The zero-order valence-electron chi connectivity index (χ0n) is 13.0. The van der Waals surface area contributed by atoms with Crippen LogP contribution in [0, 0.1) is 5.92 Å². The summed E-state index contributed by atoms with van der Waals surface area (Å²) in [6, 6.07) is 8.79. The fraction of sp³-hybridized carbons (Fsp3) is 0.556. The molecule has 1 aliphatic heterocycles. The molecule has 0 spiro atoms. The van der Waals surface area contributed by atoms with E-state index in [9.17, 15) is 0 Å². The van der Waals surface area contributed by atoms with Crippen molar-refractivity contribution in [3.8, 4) is 0 Å². The fourth-order valence-electron chi connectivity index (χ4n) is 3.23. The number of nitrogens with zero attached hydrogens (tertiary/aromatic N) is 1. The van der Waals surface area contributed by atoms with Gasteiger partial charge in [0.15, 0.2) is 0 Å². The number of piperidine rings is 1.